The number of hydrogen-bond acceptors (Lipinski definition) is 4. The second-order valence-electron chi connectivity index (χ2n) is 3.84. The van der Waals surface area contributed by atoms with Gasteiger partial charge in [0.15, 0.2) is 0 Å². The topological polar surface area (TPSA) is 90.4 Å². The van der Waals surface area contributed by atoms with E-state index in [9.17, 15) is 9.59 Å². The molecule has 0 spiro atoms. The van der Waals surface area contributed by atoms with Crippen LogP contribution in [0.15, 0.2) is 34.3 Å². The number of aromatic amines is 1. The Kier molecular flexibility index (Phi) is 3.91. The maximum Gasteiger partial charge on any atom is 0.258 e. The molecule has 0 saturated heterocycles. The molecular formula is C14H13NO4. The van der Waals surface area contributed by atoms with Crippen LogP contribution in [0.5, 0.6) is 0 Å². The molecule has 98 valence electrons. The quantitative estimate of drug-likeness (QED) is 0.550. The summed E-state index contributed by atoms with van der Waals surface area (Å²) in [6.07, 6.45) is 2.15. The van der Waals surface area contributed by atoms with Crippen molar-refractivity contribution in [2.24, 2.45) is 0 Å². The number of aromatic nitrogens is 1. The number of H-pyrrole nitrogens is 1. The third-order valence-corrected chi connectivity index (χ3v) is 2.35. The van der Waals surface area contributed by atoms with E-state index in [-0.39, 0.29) is 32.4 Å². The van der Waals surface area contributed by atoms with Crippen molar-refractivity contribution in [3.63, 3.8) is 0 Å². The molecule has 5 nitrogen and oxygen atoms in total. The second kappa shape index (κ2) is 5.22. The van der Waals surface area contributed by atoms with Gasteiger partial charge in [-0.1, -0.05) is 26.3 Å². The molecule has 1 heterocycles. The molecule has 0 saturated carbocycles. The van der Waals surface area contributed by atoms with E-state index in [0.717, 1.165) is 12.2 Å². The third kappa shape index (κ3) is 3.10. The zero-order chi connectivity index (χ0) is 14.7. The molecule has 0 bridgehead atoms. The standard InChI is InChI=1S/C14H13NO4/c1-7(16)5-11-9(3)10(4)12(6-8(2)17)14(19)15-13(11)18/h5-6,16-17H,1-4H2,(H,15,18,19)/b11-5+,12-6+. The van der Waals surface area contributed by atoms with Crippen LogP contribution in [0, 0.1) is 0 Å². The summed E-state index contributed by atoms with van der Waals surface area (Å²) < 4.78 is 0. The first-order valence-electron chi connectivity index (χ1n) is 5.17. The number of aliphatic hydroxyl groups excluding tert-OH is 2. The Morgan fingerprint density at radius 3 is 1.47 bits per heavy atom. The number of rotatable bonds is 2. The van der Waals surface area contributed by atoms with Gasteiger partial charge in [0.05, 0.1) is 10.4 Å². The van der Waals surface area contributed by atoms with Gasteiger partial charge in [-0.25, -0.2) is 0 Å². The Hall–Kier alpha value is -2.82. The summed E-state index contributed by atoms with van der Waals surface area (Å²) in [6.45, 7) is 13.8. The molecule has 19 heavy (non-hydrogen) atoms. The van der Waals surface area contributed by atoms with Crippen molar-refractivity contribution >= 4 is 25.3 Å². The maximum atomic E-state index is 11.8. The van der Waals surface area contributed by atoms with E-state index in [1.54, 1.807) is 0 Å². The molecular weight excluding hydrogens is 246 g/mol. The van der Waals surface area contributed by atoms with E-state index in [1.165, 1.54) is 0 Å². The highest BCUT2D eigenvalue weighted by molar-refractivity contribution is 5.43. The van der Waals surface area contributed by atoms with Crippen molar-refractivity contribution in [1.29, 1.82) is 0 Å². The fourth-order valence-electron chi connectivity index (χ4n) is 1.48. The van der Waals surface area contributed by atoms with E-state index in [2.05, 4.69) is 31.3 Å². The highest BCUT2D eigenvalue weighted by atomic mass is 16.3. The van der Waals surface area contributed by atoms with E-state index < -0.39 is 11.1 Å². The first-order valence-corrected chi connectivity index (χ1v) is 5.17. The van der Waals surface area contributed by atoms with Crippen molar-refractivity contribution in [1.82, 2.24) is 4.98 Å². The lowest BCUT2D eigenvalue weighted by Gasteiger charge is -1.85. The lowest BCUT2D eigenvalue weighted by Crippen LogP contribution is -2.49. The van der Waals surface area contributed by atoms with Crippen molar-refractivity contribution in [3.05, 3.63) is 66.3 Å². The molecule has 5 heteroatoms. The van der Waals surface area contributed by atoms with Gasteiger partial charge in [0, 0.05) is 0 Å². The molecule has 1 rings (SSSR count). The van der Waals surface area contributed by atoms with E-state index in [1.807, 2.05) is 0 Å². The summed E-state index contributed by atoms with van der Waals surface area (Å²) in [4.78, 5) is 25.6. The molecule has 0 aliphatic carbocycles. The van der Waals surface area contributed by atoms with Crippen LogP contribution < -0.4 is 32.0 Å². The van der Waals surface area contributed by atoms with E-state index in [4.69, 9.17) is 10.2 Å². The minimum atomic E-state index is -0.738. The van der Waals surface area contributed by atoms with Crippen LogP contribution in [0.4, 0.5) is 0 Å². The zero-order valence-corrected chi connectivity index (χ0v) is 10.2. The molecule has 0 aliphatic rings. The zero-order valence-electron chi connectivity index (χ0n) is 10.2. The number of nitrogens with one attached hydrogen (secondary N) is 1. The molecule has 0 atom stereocenters. The van der Waals surface area contributed by atoms with E-state index >= 15 is 0 Å². The van der Waals surface area contributed by atoms with Crippen molar-refractivity contribution in [2.45, 2.75) is 0 Å². The molecule has 1 aromatic rings. The third-order valence-electron chi connectivity index (χ3n) is 2.35. The van der Waals surface area contributed by atoms with Crippen LogP contribution in [-0.4, -0.2) is 15.2 Å². The minimum absolute atomic E-state index is 0.0298. The first kappa shape index (κ1) is 14.2. The van der Waals surface area contributed by atoms with Crippen LogP contribution in [0.1, 0.15) is 0 Å². The Balaban J connectivity index is 4.28. The summed E-state index contributed by atoms with van der Waals surface area (Å²) in [5.74, 6) is -0.712. The Bertz CT molecular complexity index is 817. The Labute approximate surface area is 107 Å². The fraction of sp³-hybridized carbons (Fsp3) is 0. The van der Waals surface area contributed by atoms with Gasteiger partial charge in [-0.05, 0) is 22.6 Å². The Morgan fingerprint density at radius 1 is 0.895 bits per heavy atom. The SMILES string of the molecule is C=C(O)/C=c1/c(=O)[nH]c(=O)/c(=C/C(=C)O)c(=C)c1=C. The highest BCUT2D eigenvalue weighted by Gasteiger charge is 1.98. The van der Waals surface area contributed by atoms with Gasteiger partial charge in [-0.2, -0.15) is 0 Å². The van der Waals surface area contributed by atoms with Crippen molar-refractivity contribution in [2.75, 3.05) is 0 Å². The average Bonchev–Trinajstić information content (AvgIpc) is 2.35. The highest BCUT2D eigenvalue weighted by Crippen LogP contribution is 1.78. The van der Waals surface area contributed by atoms with E-state index in [0.29, 0.717) is 0 Å². The van der Waals surface area contributed by atoms with Gasteiger partial charge < -0.3 is 10.2 Å². The lowest BCUT2D eigenvalue weighted by molar-refractivity contribution is 0.443. The predicted octanol–water partition coefficient (Wildman–Crippen LogP) is -1.74. The van der Waals surface area contributed by atoms with Gasteiger partial charge >= 0.3 is 0 Å². The molecule has 1 aromatic heterocycles. The summed E-state index contributed by atoms with van der Waals surface area (Å²) in [6, 6.07) is 0. The number of aliphatic hydroxyl groups is 2. The molecule has 0 aliphatic heterocycles. The smallest absolute Gasteiger partial charge is 0.258 e. The Morgan fingerprint density at radius 2 is 1.21 bits per heavy atom. The normalized spacial score (nSPS) is 12.4. The predicted molar refractivity (Wildman–Crippen MR) is 75.3 cm³/mol. The minimum Gasteiger partial charge on any atom is -0.509 e. The average molecular weight is 259 g/mol. The van der Waals surface area contributed by atoms with Crippen LogP contribution in [-0.2, 0) is 0 Å². The van der Waals surface area contributed by atoms with Gasteiger partial charge in [0.1, 0.15) is 11.5 Å². The summed E-state index contributed by atoms with van der Waals surface area (Å²) in [5, 5.41) is 18.5. The summed E-state index contributed by atoms with van der Waals surface area (Å²) in [5.41, 5.74) is -1.48. The van der Waals surface area contributed by atoms with Crippen LogP contribution in [0.2, 0.25) is 0 Å². The summed E-state index contributed by atoms with van der Waals surface area (Å²) in [7, 11) is 0. The van der Waals surface area contributed by atoms with Crippen LogP contribution >= 0.6 is 0 Å². The molecule has 0 fully saturated rings. The molecule has 0 aromatic carbocycles. The summed E-state index contributed by atoms with van der Waals surface area (Å²) >= 11 is 0. The largest absolute Gasteiger partial charge is 0.509 e. The molecule has 0 amide bonds. The molecule has 0 radical (unpaired) electrons. The second-order valence-corrected chi connectivity index (χ2v) is 3.84. The maximum absolute atomic E-state index is 11.8. The molecule has 0 unspecified atom stereocenters. The monoisotopic (exact) mass is 259 g/mol. The van der Waals surface area contributed by atoms with Gasteiger partial charge in [0.2, 0.25) is 0 Å². The van der Waals surface area contributed by atoms with Gasteiger partial charge in [-0.3, -0.25) is 14.6 Å². The number of hydrogen-bond donors (Lipinski definition) is 3. The van der Waals surface area contributed by atoms with Gasteiger partial charge in [-0.15, -0.1) is 0 Å². The van der Waals surface area contributed by atoms with Crippen molar-refractivity contribution < 1.29 is 10.2 Å². The van der Waals surface area contributed by atoms with Gasteiger partial charge in [0.25, 0.3) is 11.1 Å². The molecule has 3 N–H and O–H groups in total. The lowest BCUT2D eigenvalue weighted by atomic mass is 10.2. The van der Waals surface area contributed by atoms with Crippen LogP contribution in [0.25, 0.3) is 25.3 Å². The fourth-order valence-corrected chi connectivity index (χ4v) is 1.48. The first-order chi connectivity index (χ1) is 8.73. The van der Waals surface area contributed by atoms with Crippen molar-refractivity contribution in [3.8, 4) is 0 Å². The number of allylic oxidation sites excluding steroid dienone is 2. The van der Waals surface area contributed by atoms with Crippen LogP contribution in [0.3, 0.4) is 0 Å².